The van der Waals surface area contributed by atoms with E-state index in [-0.39, 0.29) is 18.1 Å². The van der Waals surface area contributed by atoms with Gasteiger partial charge in [-0.15, -0.1) is 0 Å². The molecule has 2 rings (SSSR count). The summed E-state index contributed by atoms with van der Waals surface area (Å²) < 4.78 is 0. The Kier molecular flexibility index (Phi) is 3.48. The van der Waals surface area contributed by atoms with Crippen LogP contribution in [0.25, 0.3) is 0 Å². The summed E-state index contributed by atoms with van der Waals surface area (Å²) in [5.41, 5.74) is 5.96. The van der Waals surface area contributed by atoms with Crippen LogP contribution in [0.1, 0.15) is 10.5 Å². The van der Waals surface area contributed by atoms with Crippen molar-refractivity contribution in [3.05, 3.63) is 12.0 Å². The highest BCUT2D eigenvalue weighted by Gasteiger charge is 2.33. The summed E-state index contributed by atoms with van der Waals surface area (Å²) in [5.74, 6) is -0.0844. The Bertz CT molecular complexity index is 436. The Morgan fingerprint density at radius 2 is 2.22 bits per heavy atom. The van der Waals surface area contributed by atoms with E-state index in [0.29, 0.717) is 5.82 Å². The van der Waals surface area contributed by atoms with Crippen LogP contribution in [0.3, 0.4) is 0 Å². The zero-order valence-electron chi connectivity index (χ0n) is 9.45. The number of aliphatic hydroxyl groups is 3. The largest absolute Gasteiger partial charge is 0.394 e. The molecule has 18 heavy (non-hydrogen) atoms. The second-order valence-electron chi connectivity index (χ2n) is 3.99. The Morgan fingerprint density at radius 3 is 2.89 bits per heavy atom. The maximum absolute atomic E-state index is 11.5. The predicted octanol–water partition coefficient (Wildman–Crippen LogP) is -3.08. The molecule has 1 aliphatic heterocycles. The minimum Gasteiger partial charge on any atom is -0.394 e. The molecule has 3 unspecified atom stereocenters. The van der Waals surface area contributed by atoms with Crippen molar-refractivity contribution < 1.29 is 20.1 Å². The molecule has 9 nitrogen and oxygen atoms in total. The number of carbonyl (C=O) groups excluding carboxylic acids is 1. The summed E-state index contributed by atoms with van der Waals surface area (Å²) in [6.45, 7) is -0.634. The minimum atomic E-state index is -1.28. The van der Waals surface area contributed by atoms with E-state index in [0.717, 1.165) is 0 Å². The third-order valence-corrected chi connectivity index (χ3v) is 2.75. The van der Waals surface area contributed by atoms with E-state index in [1.807, 2.05) is 0 Å². The van der Waals surface area contributed by atoms with Crippen LogP contribution in [-0.2, 0) is 0 Å². The fourth-order valence-electron chi connectivity index (χ4n) is 1.73. The number of nitrogens with one attached hydrogen (secondary N) is 2. The van der Waals surface area contributed by atoms with Gasteiger partial charge in [-0.3, -0.25) is 10.5 Å². The van der Waals surface area contributed by atoms with Gasteiger partial charge in [-0.1, -0.05) is 0 Å². The normalized spacial score (nSPS) is 22.3. The van der Waals surface area contributed by atoms with E-state index in [4.69, 9.17) is 10.8 Å². The van der Waals surface area contributed by atoms with Crippen molar-refractivity contribution in [3.8, 4) is 0 Å². The van der Waals surface area contributed by atoms with E-state index >= 15 is 0 Å². The van der Waals surface area contributed by atoms with Gasteiger partial charge in [0, 0.05) is 0 Å². The molecular formula is C9H15N5O4. The van der Waals surface area contributed by atoms with Gasteiger partial charge in [-0.25, -0.2) is 4.98 Å². The number of aromatic nitrogens is 2. The number of aliphatic hydroxyl groups excluding tert-OH is 3. The van der Waals surface area contributed by atoms with Gasteiger partial charge in [-0.2, -0.15) is 0 Å². The zero-order chi connectivity index (χ0) is 13.3. The second kappa shape index (κ2) is 4.90. The van der Waals surface area contributed by atoms with Gasteiger partial charge in [0.15, 0.2) is 12.1 Å². The van der Waals surface area contributed by atoms with Crippen LogP contribution in [0, 0.1) is 0 Å². The zero-order valence-corrected chi connectivity index (χ0v) is 9.45. The molecule has 0 bridgehead atoms. The number of amides is 1. The summed E-state index contributed by atoms with van der Waals surface area (Å²) in [5, 5.41) is 30.2. The molecule has 0 saturated heterocycles. The lowest BCUT2D eigenvalue weighted by Crippen LogP contribution is -2.60. The lowest BCUT2D eigenvalue weighted by Gasteiger charge is -2.35. The Morgan fingerprint density at radius 1 is 1.50 bits per heavy atom. The van der Waals surface area contributed by atoms with Gasteiger partial charge in [0.2, 0.25) is 0 Å². The quantitative estimate of drug-likeness (QED) is 0.335. The second-order valence-corrected chi connectivity index (χ2v) is 3.99. The Hall–Kier alpha value is -1.68. The van der Waals surface area contributed by atoms with Gasteiger partial charge in [0.05, 0.1) is 25.6 Å². The summed E-state index contributed by atoms with van der Waals surface area (Å²) in [6, 6.07) is 0. The van der Waals surface area contributed by atoms with Crippen molar-refractivity contribution >= 4 is 11.7 Å². The molecule has 0 radical (unpaired) electrons. The molecule has 1 amide bonds. The summed E-state index contributed by atoms with van der Waals surface area (Å²) in [6.07, 6.45) is -2.00. The van der Waals surface area contributed by atoms with Crippen molar-refractivity contribution in [2.45, 2.75) is 18.5 Å². The van der Waals surface area contributed by atoms with Gasteiger partial charge < -0.3 is 30.5 Å². The van der Waals surface area contributed by atoms with Crippen molar-refractivity contribution in [3.63, 3.8) is 0 Å². The molecule has 2 heterocycles. The van der Waals surface area contributed by atoms with Crippen LogP contribution in [0.4, 0.5) is 5.82 Å². The average Bonchev–Trinajstić information content (AvgIpc) is 2.82. The lowest BCUT2D eigenvalue weighted by atomic mass is 10.2. The third-order valence-electron chi connectivity index (χ3n) is 2.75. The van der Waals surface area contributed by atoms with Crippen molar-refractivity contribution in [2.24, 2.45) is 5.73 Å². The summed E-state index contributed by atoms with van der Waals surface area (Å²) >= 11 is 0. The van der Waals surface area contributed by atoms with E-state index in [1.165, 1.54) is 11.2 Å². The molecule has 9 heteroatoms. The predicted molar refractivity (Wildman–Crippen MR) is 60.5 cm³/mol. The number of aromatic amines is 1. The molecule has 1 aromatic heterocycles. The van der Waals surface area contributed by atoms with E-state index in [1.54, 1.807) is 0 Å². The highest BCUT2D eigenvalue weighted by Crippen LogP contribution is 2.21. The molecule has 0 aromatic carbocycles. The topological polar surface area (TPSA) is 148 Å². The maximum atomic E-state index is 11.5. The van der Waals surface area contributed by atoms with Gasteiger partial charge in [-0.05, 0) is 0 Å². The molecule has 1 aromatic rings. The summed E-state index contributed by atoms with van der Waals surface area (Å²) in [4.78, 5) is 19.6. The van der Waals surface area contributed by atoms with Gasteiger partial charge in [0.25, 0.3) is 5.91 Å². The first-order valence-electron chi connectivity index (χ1n) is 5.38. The molecule has 0 spiro atoms. The SMILES string of the molecule is NC1NC(=O)c2[nH]cnc2N1CC(O)C(O)CO. The standard InChI is InChI=1S/C9H15N5O4/c10-9-13-8(18)6-7(12-3-11-6)14(9)1-4(16)5(17)2-15/h3-5,9,15-17H,1-2,10H2,(H,11,12)(H,13,18). The van der Waals surface area contributed by atoms with Crippen LogP contribution >= 0.6 is 0 Å². The van der Waals surface area contributed by atoms with Crippen LogP contribution in [0.2, 0.25) is 0 Å². The van der Waals surface area contributed by atoms with E-state index < -0.39 is 25.1 Å². The number of β-amino-alcohol motifs (C(OH)–C–C–N with tert-alkyl or cyclic N) is 1. The Labute approximate surface area is 102 Å². The highest BCUT2D eigenvalue weighted by molar-refractivity contribution is 5.99. The fraction of sp³-hybridized carbons (Fsp3) is 0.556. The molecule has 0 saturated carbocycles. The van der Waals surface area contributed by atoms with Gasteiger partial charge in [0.1, 0.15) is 11.8 Å². The van der Waals surface area contributed by atoms with Crippen LogP contribution in [0.15, 0.2) is 6.33 Å². The molecule has 0 aliphatic carbocycles. The minimum absolute atomic E-state index is 0.0684. The highest BCUT2D eigenvalue weighted by atomic mass is 16.4. The van der Waals surface area contributed by atoms with Crippen molar-refractivity contribution in [2.75, 3.05) is 18.1 Å². The maximum Gasteiger partial charge on any atom is 0.274 e. The monoisotopic (exact) mass is 257 g/mol. The number of carbonyl (C=O) groups is 1. The molecule has 0 fully saturated rings. The molecule has 100 valence electrons. The van der Waals surface area contributed by atoms with Crippen molar-refractivity contribution in [1.82, 2.24) is 15.3 Å². The number of nitrogens with zero attached hydrogens (tertiary/aromatic N) is 2. The first-order valence-corrected chi connectivity index (χ1v) is 5.38. The fourth-order valence-corrected chi connectivity index (χ4v) is 1.73. The molecule has 7 N–H and O–H groups in total. The number of hydrogen-bond donors (Lipinski definition) is 6. The van der Waals surface area contributed by atoms with Gasteiger partial charge >= 0.3 is 0 Å². The average molecular weight is 257 g/mol. The molecular weight excluding hydrogens is 242 g/mol. The smallest absolute Gasteiger partial charge is 0.274 e. The van der Waals surface area contributed by atoms with E-state index in [2.05, 4.69) is 15.3 Å². The number of nitrogens with two attached hydrogens (primary N) is 1. The van der Waals surface area contributed by atoms with Crippen LogP contribution in [-0.4, -0.2) is 62.8 Å². The summed E-state index contributed by atoms with van der Waals surface area (Å²) in [7, 11) is 0. The van der Waals surface area contributed by atoms with E-state index in [9.17, 15) is 15.0 Å². The number of anilines is 1. The first-order chi connectivity index (χ1) is 8.54. The van der Waals surface area contributed by atoms with Crippen LogP contribution in [0.5, 0.6) is 0 Å². The Balaban J connectivity index is 2.18. The van der Waals surface area contributed by atoms with Crippen LogP contribution < -0.4 is 16.0 Å². The number of hydrogen-bond acceptors (Lipinski definition) is 7. The van der Waals surface area contributed by atoms with Crippen molar-refractivity contribution in [1.29, 1.82) is 0 Å². The number of rotatable bonds is 4. The number of imidazole rings is 1. The number of fused-ring (bicyclic) bond motifs is 1. The molecule has 1 aliphatic rings. The molecule has 3 atom stereocenters. The third kappa shape index (κ3) is 2.16. The number of H-pyrrole nitrogens is 1. The first kappa shape index (κ1) is 12.8. The lowest BCUT2D eigenvalue weighted by molar-refractivity contribution is -0.0109.